The van der Waals surface area contributed by atoms with E-state index in [0.29, 0.717) is 18.4 Å². The molecule has 0 spiro atoms. The number of ether oxygens (including phenoxy) is 1. The van der Waals surface area contributed by atoms with Crippen molar-refractivity contribution in [2.24, 2.45) is 0 Å². The van der Waals surface area contributed by atoms with Gasteiger partial charge in [-0.1, -0.05) is 25.1 Å². The van der Waals surface area contributed by atoms with Crippen LogP contribution in [0.15, 0.2) is 61.1 Å². The molecule has 3 aromatic rings. The van der Waals surface area contributed by atoms with Crippen LogP contribution in [0, 0.1) is 0 Å². The number of hydrogen-bond donors (Lipinski definition) is 1. The van der Waals surface area contributed by atoms with Gasteiger partial charge in [-0.05, 0) is 30.2 Å². The summed E-state index contributed by atoms with van der Waals surface area (Å²) in [7, 11) is 0. The highest BCUT2D eigenvalue weighted by atomic mass is 16.5. The van der Waals surface area contributed by atoms with E-state index in [0.717, 1.165) is 23.2 Å². The Labute approximate surface area is 135 Å². The first-order valence-corrected chi connectivity index (χ1v) is 7.58. The Morgan fingerprint density at radius 3 is 2.78 bits per heavy atom. The van der Waals surface area contributed by atoms with Crippen LogP contribution < -0.4 is 10.1 Å². The van der Waals surface area contributed by atoms with Crippen LogP contribution in [0.5, 0.6) is 5.88 Å². The summed E-state index contributed by atoms with van der Waals surface area (Å²) in [5.41, 5.74) is 3.07. The summed E-state index contributed by atoms with van der Waals surface area (Å²) in [6.07, 6.45) is 6.24. The highest BCUT2D eigenvalue weighted by Gasteiger charge is 2.03. The van der Waals surface area contributed by atoms with Crippen LogP contribution in [0.4, 0.5) is 11.6 Å². The highest BCUT2D eigenvalue weighted by molar-refractivity contribution is 5.68. The molecule has 2 heterocycles. The van der Waals surface area contributed by atoms with Crippen LogP contribution in [-0.2, 0) is 0 Å². The topological polar surface area (TPSA) is 59.9 Å². The van der Waals surface area contributed by atoms with Crippen LogP contribution in [-0.4, -0.2) is 21.6 Å². The Bertz CT molecular complexity index is 762. The molecule has 0 amide bonds. The van der Waals surface area contributed by atoms with Crippen molar-refractivity contribution in [3.8, 4) is 17.0 Å². The van der Waals surface area contributed by atoms with E-state index in [-0.39, 0.29) is 0 Å². The Morgan fingerprint density at radius 1 is 1.04 bits per heavy atom. The molecule has 2 aromatic heterocycles. The summed E-state index contributed by atoms with van der Waals surface area (Å²) in [6.45, 7) is 2.71. The van der Waals surface area contributed by atoms with Gasteiger partial charge in [-0.25, -0.2) is 4.98 Å². The molecule has 23 heavy (non-hydrogen) atoms. The number of pyridine rings is 1. The molecule has 0 fully saturated rings. The molecule has 1 N–H and O–H groups in total. The molecular formula is C18H18N4O. The van der Waals surface area contributed by atoms with E-state index in [1.165, 1.54) is 0 Å². The van der Waals surface area contributed by atoms with Crippen molar-refractivity contribution < 1.29 is 4.74 Å². The Kier molecular flexibility index (Phi) is 4.79. The second-order valence-corrected chi connectivity index (χ2v) is 5.01. The van der Waals surface area contributed by atoms with E-state index in [4.69, 9.17) is 4.74 Å². The molecule has 0 unspecified atom stereocenters. The molecule has 0 atom stereocenters. The lowest BCUT2D eigenvalue weighted by molar-refractivity contribution is 0.305. The summed E-state index contributed by atoms with van der Waals surface area (Å²) in [6, 6.07) is 13.8. The first-order valence-electron chi connectivity index (χ1n) is 7.58. The summed E-state index contributed by atoms with van der Waals surface area (Å²) >= 11 is 0. The summed E-state index contributed by atoms with van der Waals surface area (Å²) in [5, 5.41) is 3.21. The fourth-order valence-electron chi connectivity index (χ4n) is 2.13. The number of nitrogens with one attached hydrogen (secondary N) is 1. The summed E-state index contributed by atoms with van der Waals surface area (Å²) in [4.78, 5) is 12.7. The number of aromatic nitrogens is 3. The standard InChI is InChI=1S/C18H18N4O/c1-2-11-23-17-8-10-20-18(22-17)21-16-7-3-5-14(12-16)15-6-4-9-19-13-15/h3-10,12-13H,2,11H2,1H3,(H,20,21,22). The average molecular weight is 306 g/mol. The molecule has 1 aromatic carbocycles. The maximum Gasteiger partial charge on any atom is 0.230 e. The molecule has 0 saturated heterocycles. The van der Waals surface area contributed by atoms with Gasteiger partial charge in [-0.2, -0.15) is 4.98 Å². The maximum absolute atomic E-state index is 5.53. The Morgan fingerprint density at radius 2 is 1.96 bits per heavy atom. The predicted molar refractivity (Wildman–Crippen MR) is 90.8 cm³/mol. The minimum absolute atomic E-state index is 0.516. The van der Waals surface area contributed by atoms with Crippen LogP contribution in [0.2, 0.25) is 0 Å². The molecule has 5 nitrogen and oxygen atoms in total. The van der Waals surface area contributed by atoms with Crippen LogP contribution >= 0.6 is 0 Å². The molecule has 0 radical (unpaired) electrons. The molecule has 0 saturated carbocycles. The molecule has 0 aliphatic heterocycles. The Balaban J connectivity index is 1.78. The van der Waals surface area contributed by atoms with Gasteiger partial charge >= 0.3 is 0 Å². The molecular weight excluding hydrogens is 288 g/mol. The van der Waals surface area contributed by atoms with E-state index >= 15 is 0 Å². The smallest absolute Gasteiger partial charge is 0.230 e. The van der Waals surface area contributed by atoms with Gasteiger partial charge in [0.25, 0.3) is 0 Å². The van der Waals surface area contributed by atoms with E-state index in [9.17, 15) is 0 Å². The number of nitrogens with zero attached hydrogens (tertiary/aromatic N) is 3. The van der Waals surface area contributed by atoms with E-state index in [2.05, 4.69) is 27.2 Å². The molecule has 116 valence electrons. The molecule has 0 aliphatic carbocycles. The predicted octanol–water partition coefficient (Wildman–Crippen LogP) is 4.07. The minimum Gasteiger partial charge on any atom is -0.478 e. The van der Waals surface area contributed by atoms with E-state index in [1.54, 1.807) is 18.5 Å². The third-order valence-electron chi connectivity index (χ3n) is 3.20. The van der Waals surface area contributed by atoms with Gasteiger partial charge in [-0.15, -0.1) is 0 Å². The number of hydrogen-bond acceptors (Lipinski definition) is 5. The van der Waals surface area contributed by atoms with Crippen LogP contribution in [0.3, 0.4) is 0 Å². The quantitative estimate of drug-likeness (QED) is 0.744. The van der Waals surface area contributed by atoms with Gasteiger partial charge in [0.1, 0.15) is 0 Å². The molecule has 0 bridgehead atoms. The highest BCUT2D eigenvalue weighted by Crippen LogP contribution is 2.23. The van der Waals surface area contributed by atoms with Crippen molar-refractivity contribution in [3.05, 3.63) is 61.1 Å². The molecule has 0 aliphatic rings. The normalized spacial score (nSPS) is 10.3. The van der Waals surface area contributed by atoms with Gasteiger partial charge in [-0.3, -0.25) is 4.98 Å². The fourth-order valence-corrected chi connectivity index (χ4v) is 2.13. The third-order valence-corrected chi connectivity index (χ3v) is 3.20. The zero-order valence-corrected chi connectivity index (χ0v) is 12.9. The summed E-state index contributed by atoms with van der Waals surface area (Å²) in [5.74, 6) is 1.09. The first kappa shape index (κ1) is 15.0. The summed E-state index contributed by atoms with van der Waals surface area (Å²) < 4.78 is 5.53. The van der Waals surface area contributed by atoms with Crippen molar-refractivity contribution >= 4 is 11.6 Å². The monoisotopic (exact) mass is 306 g/mol. The van der Waals surface area contributed by atoms with Crippen molar-refractivity contribution in [2.45, 2.75) is 13.3 Å². The number of anilines is 2. The van der Waals surface area contributed by atoms with Crippen LogP contribution in [0.25, 0.3) is 11.1 Å². The SMILES string of the molecule is CCCOc1ccnc(Nc2cccc(-c3cccnc3)c2)n1. The molecule has 3 rings (SSSR count). The minimum atomic E-state index is 0.516. The lowest BCUT2D eigenvalue weighted by Gasteiger charge is -2.09. The Hall–Kier alpha value is -2.95. The third kappa shape index (κ3) is 4.03. The average Bonchev–Trinajstić information content (AvgIpc) is 2.61. The van der Waals surface area contributed by atoms with Gasteiger partial charge < -0.3 is 10.1 Å². The fraction of sp³-hybridized carbons (Fsp3) is 0.167. The van der Waals surface area contributed by atoms with E-state index in [1.807, 2.05) is 42.6 Å². The van der Waals surface area contributed by atoms with Crippen LogP contribution in [0.1, 0.15) is 13.3 Å². The zero-order chi connectivity index (χ0) is 15.9. The van der Waals surface area contributed by atoms with Gasteiger partial charge in [0.2, 0.25) is 11.8 Å². The second kappa shape index (κ2) is 7.35. The molecule has 5 heteroatoms. The maximum atomic E-state index is 5.53. The lowest BCUT2D eigenvalue weighted by atomic mass is 10.1. The van der Waals surface area contributed by atoms with Crippen molar-refractivity contribution in [3.63, 3.8) is 0 Å². The van der Waals surface area contributed by atoms with Gasteiger partial charge in [0.15, 0.2) is 0 Å². The van der Waals surface area contributed by atoms with E-state index < -0.39 is 0 Å². The number of benzene rings is 1. The van der Waals surface area contributed by atoms with Crippen molar-refractivity contribution in [1.82, 2.24) is 15.0 Å². The number of rotatable bonds is 6. The van der Waals surface area contributed by atoms with Gasteiger partial charge in [0, 0.05) is 35.9 Å². The van der Waals surface area contributed by atoms with Crippen molar-refractivity contribution in [2.75, 3.05) is 11.9 Å². The second-order valence-electron chi connectivity index (χ2n) is 5.01. The largest absolute Gasteiger partial charge is 0.478 e. The lowest BCUT2D eigenvalue weighted by Crippen LogP contribution is -2.01. The first-order chi connectivity index (χ1) is 11.3. The zero-order valence-electron chi connectivity index (χ0n) is 12.9. The van der Waals surface area contributed by atoms with Crippen molar-refractivity contribution in [1.29, 1.82) is 0 Å². The van der Waals surface area contributed by atoms with Gasteiger partial charge in [0.05, 0.1) is 6.61 Å².